The van der Waals surface area contributed by atoms with Crippen molar-refractivity contribution in [1.29, 1.82) is 0 Å². The summed E-state index contributed by atoms with van der Waals surface area (Å²) >= 11 is 0. The molecule has 0 atom stereocenters. The van der Waals surface area contributed by atoms with E-state index >= 15 is 0 Å². The molecule has 2 aromatic heterocycles. The van der Waals surface area contributed by atoms with Crippen LogP contribution in [0.25, 0.3) is 11.4 Å². The van der Waals surface area contributed by atoms with Crippen LogP contribution < -0.4 is 0 Å². The van der Waals surface area contributed by atoms with Crippen LogP contribution in [-0.2, 0) is 0 Å². The Labute approximate surface area is 114 Å². The number of benzene rings is 1. The van der Waals surface area contributed by atoms with Gasteiger partial charge in [0, 0.05) is 18.0 Å². The highest BCUT2D eigenvalue weighted by atomic mass is 16.3. The van der Waals surface area contributed by atoms with E-state index in [2.05, 4.69) is 30.4 Å². The summed E-state index contributed by atoms with van der Waals surface area (Å²) in [6.45, 7) is 0. The summed E-state index contributed by atoms with van der Waals surface area (Å²) in [6, 6.07) is 10.0. The van der Waals surface area contributed by atoms with E-state index in [4.69, 9.17) is 5.11 Å². The number of hydrogen-bond acceptors (Lipinski definition) is 6. The van der Waals surface area contributed by atoms with Gasteiger partial charge in [-0.25, -0.2) is 0 Å². The zero-order valence-corrected chi connectivity index (χ0v) is 10.3. The van der Waals surface area contributed by atoms with Gasteiger partial charge in [0.15, 0.2) is 5.82 Å². The number of phenols is 1. The molecule has 0 aliphatic carbocycles. The molecular weight excluding hydrogens is 256 g/mol. The minimum atomic E-state index is 0.181. The van der Waals surface area contributed by atoms with Gasteiger partial charge in [-0.15, -0.1) is 15.3 Å². The molecule has 98 valence electrons. The van der Waals surface area contributed by atoms with Crippen molar-refractivity contribution in [3.05, 3.63) is 48.8 Å². The number of hydrogen-bond donors (Lipinski definition) is 2. The zero-order chi connectivity index (χ0) is 13.8. The van der Waals surface area contributed by atoms with Gasteiger partial charge in [-0.3, -0.25) is 10.1 Å². The predicted molar refractivity (Wildman–Crippen MR) is 71.9 cm³/mol. The molecule has 20 heavy (non-hydrogen) atoms. The smallest absolute Gasteiger partial charge is 0.287 e. The molecule has 2 N–H and O–H groups in total. The molecule has 3 aromatic rings. The number of aromatic hydroxyl groups is 1. The fourth-order valence-corrected chi connectivity index (χ4v) is 1.55. The molecule has 3 rings (SSSR count). The molecule has 0 unspecified atom stereocenters. The minimum absolute atomic E-state index is 0.181. The van der Waals surface area contributed by atoms with Gasteiger partial charge in [0.2, 0.25) is 0 Å². The van der Waals surface area contributed by atoms with Crippen molar-refractivity contribution < 1.29 is 5.11 Å². The first-order valence-electron chi connectivity index (χ1n) is 5.85. The van der Waals surface area contributed by atoms with Crippen LogP contribution in [0.5, 0.6) is 5.75 Å². The van der Waals surface area contributed by atoms with Gasteiger partial charge in [0.1, 0.15) is 5.75 Å². The Morgan fingerprint density at radius 2 is 1.90 bits per heavy atom. The Balaban J connectivity index is 1.79. The van der Waals surface area contributed by atoms with Gasteiger partial charge in [-0.05, 0) is 36.4 Å². The summed E-state index contributed by atoms with van der Waals surface area (Å²) in [4.78, 5) is 8.20. The standard InChI is InChI=1S/C13H10N6O/c20-11-5-3-10(4-6-11)16-18-13-15-12(17-19-13)9-2-1-7-14-8-9/h1-8,20H,(H,15,17,19). The van der Waals surface area contributed by atoms with Crippen LogP contribution in [0.15, 0.2) is 59.0 Å². The summed E-state index contributed by atoms with van der Waals surface area (Å²) in [5.41, 5.74) is 1.43. The second-order valence-corrected chi connectivity index (χ2v) is 3.94. The van der Waals surface area contributed by atoms with Crippen LogP contribution in [0.3, 0.4) is 0 Å². The number of phenolic OH excluding ortho intramolecular Hbond substituents is 1. The first-order chi connectivity index (χ1) is 9.81. The van der Waals surface area contributed by atoms with Crippen molar-refractivity contribution in [2.45, 2.75) is 0 Å². The highest BCUT2D eigenvalue weighted by Gasteiger charge is 2.04. The van der Waals surface area contributed by atoms with E-state index in [1.807, 2.05) is 12.1 Å². The monoisotopic (exact) mass is 266 g/mol. The molecule has 0 saturated heterocycles. The molecule has 2 heterocycles. The Bertz CT molecular complexity index is 720. The van der Waals surface area contributed by atoms with Crippen LogP contribution in [0, 0.1) is 0 Å². The molecule has 0 amide bonds. The maximum Gasteiger partial charge on any atom is 0.287 e. The molecule has 0 radical (unpaired) electrons. The molecule has 0 bridgehead atoms. The number of aromatic amines is 1. The van der Waals surface area contributed by atoms with Crippen molar-refractivity contribution in [2.24, 2.45) is 10.2 Å². The number of nitrogens with one attached hydrogen (secondary N) is 1. The first-order valence-corrected chi connectivity index (χ1v) is 5.85. The van der Waals surface area contributed by atoms with Crippen molar-refractivity contribution in [3.63, 3.8) is 0 Å². The Kier molecular flexibility index (Phi) is 3.15. The van der Waals surface area contributed by atoms with Crippen LogP contribution in [-0.4, -0.2) is 25.3 Å². The molecule has 7 heteroatoms. The van der Waals surface area contributed by atoms with Gasteiger partial charge in [0.25, 0.3) is 5.95 Å². The van der Waals surface area contributed by atoms with Gasteiger partial charge in [-0.2, -0.15) is 4.98 Å². The molecule has 1 aromatic carbocycles. The molecular formula is C13H10N6O. The van der Waals surface area contributed by atoms with E-state index in [9.17, 15) is 0 Å². The zero-order valence-electron chi connectivity index (χ0n) is 10.3. The normalized spacial score (nSPS) is 11.0. The number of aromatic nitrogens is 4. The van der Waals surface area contributed by atoms with E-state index in [-0.39, 0.29) is 11.7 Å². The fourth-order valence-electron chi connectivity index (χ4n) is 1.55. The third kappa shape index (κ3) is 2.66. The van der Waals surface area contributed by atoms with Crippen molar-refractivity contribution in [1.82, 2.24) is 20.2 Å². The lowest BCUT2D eigenvalue weighted by molar-refractivity contribution is 0.475. The van der Waals surface area contributed by atoms with Gasteiger partial charge in [0.05, 0.1) is 5.69 Å². The molecule has 0 aliphatic rings. The highest BCUT2D eigenvalue weighted by molar-refractivity contribution is 5.53. The molecule has 0 aliphatic heterocycles. The lowest BCUT2D eigenvalue weighted by Gasteiger charge is -1.92. The van der Waals surface area contributed by atoms with Crippen LogP contribution >= 0.6 is 0 Å². The number of nitrogens with zero attached hydrogens (tertiary/aromatic N) is 5. The van der Waals surface area contributed by atoms with E-state index in [0.717, 1.165) is 5.56 Å². The Morgan fingerprint density at radius 1 is 1.05 bits per heavy atom. The second-order valence-electron chi connectivity index (χ2n) is 3.94. The van der Waals surface area contributed by atoms with Crippen LogP contribution in [0.2, 0.25) is 0 Å². The van der Waals surface area contributed by atoms with Crippen molar-refractivity contribution >= 4 is 11.6 Å². The predicted octanol–water partition coefficient (Wildman–Crippen LogP) is 2.99. The highest BCUT2D eigenvalue weighted by Crippen LogP contribution is 2.20. The van der Waals surface area contributed by atoms with Crippen LogP contribution in [0.4, 0.5) is 11.6 Å². The second kappa shape index (κ2) is 5.27. The van der Waals surface area contributed by atoms with E-state index in [1.165, 1.54) is 12.1 Å². The Morgan fingerprint density at radius 3 is 2.65 bits per heavy atom. The summed E-state index contributed by atoms with van der Waals surface area (Å²) < 4.78 is 0. The quantitative estimate of drug-likeness (QED) is 0.711. The summed E-state index contributed by atoms with van der Waals surface area (Å²) in [5, 5.41) is 23.8. The van der Waals surface area contributed by atoms with Gasteiger partial charge in [-0.1, -0.05) is 0 Å². The van der Waals surface area contributed by atoms with Crippen molar-refractivity contribution in [3.8, 4) is 17.1 Å². The Hall–Kier alpha value is -3.09. The SMILES string of the molecule is Oc1ccc(N=Nc2n[nH]c(-c3cccnc3)n2)cc1. The van der Waals surface area contributed by atoms with E-state index in [0.29, 0.717) is 11.5 Å². The molecule has 0 spiro atoms. The summed E-state index contributed by atoms with van der Waals surface area (Å²) in [7, 11) is 0. The van der Waals surface area contributed by atoms with E-state index < -0.39 is 0 Å². The van der Waals surface area contributed by atoms with Crippen LogP contribution in [0.1, 0.15) is 0 Å². The average Bonchev–Trinajstić information content (AvgIpc) is 2.97. The third-order valence-corrected chi connectivity index (χ3v) is 2.51. The lowest BCUT2D eigenvalue weighted by atomic mass is 10.3. The van der Waals surface area contributed by atoms with Crippen molar-refractivity contribution in [2.75, 3.05) is 0 Å². The number of rotatable bonds is 3. The van der Waals surface area contributed by atoms with E-state index in [1.54, 1.807) is 24.5 Å². The minimum Gasteiger partial charge on any atom is -0.508 e. The maximum absolute atomic E-state index is 9.16. The first kappa shape index (κ1) is 12.0. The number of azo groups is 1. The maximum atomic E-state index is 9.16. The molecule has 0 saturated carbocycles. The third-order valence-electron chi connectivity index (χ3n) is 2.51. The largest absolute Gasteiger partial charge is 0.508 e. The summed E-state index contributed by atoms with van der Waals surface area (Å²) in [5.74, 6) is 0.996. The number of H-pyrrole nitrogens is 1. The summed E-state index contributed by atoms with van der Waals surface area (Å²) in [6.07, 6.45) is 3.37. The molecule has 7 nitrogen and oxygen atoms in total. The fraction of sp³-hybridized carbons (Fsp3) is 0. The number of pyridine rings is 1. The topological polar surface area (TPSA) is 99.4 Å². The van der Waals surface area contributed by atoms with Gasteiger partial charge >= 0.3 is 0 Å². The average molecular weight is 266 g/mol. The lowest BCUT2D eigenvalue weighted by Crippen LogP contribution is -1.80. The molecule has 0 fully saturated rings. The van der Waals surface area contributed by atoms with Gasteiger partial charge < -0.3 is 5.11 Å².